The van der Waals surface area contributed by atoms with E-state index < -0.39 is 0 Å². The van der Waals surface area contributed by atoms with Gasteiger partial charge in [-0.15, -0.1) is 5.10 Å². The van der Waals surface area contributed by atoms with Crippen LogP contribution in [0.3, 0.4) is 0 Å². The van der Waals surface area contributed by atoms with E-state index >= 15 is 0 Å². The normalized spacial score (nSPS) is 10.6. The van der Waals surface area contributed by atoms with E-state index in [4.69, 9.17) is 0 Å². The third kappa shape index (κ3) is 5.16. The van der Waals surface area contributed by atoms with Crippen molar-refractivity contribution in [2.24, 2.45) is 0 Å². The zero-order valence-electron chi connectivity index (χ0n) is 16.3. The Labute approximate surface area is 167 Å². The average molecular weight is 394 g/mol. The van der Waals surface area contributed by atoms with Crippen LogP contribution in [-0.4, -0.2) is 44.5 Å². The van der Waals surface area contributed by atoms with E-state index in [0.29, 0.717) is 11.4 Å². The van der Waals surface area contributed by atoms with Gasteiger partial charge >= 0.3 is 0 Å². The molecular formula is C20H22N6O3. The summed E-state index contributed by atoms with van der Waals surface area (Å²) >= 11 is 0. The van der Waals surface area contributed by atoms with Gasteiger partial charge in [-0.05, 0) is 38.1 Å². The number of nitrogens with zero attached hydrogens (tertiary/aromatic N) is 4. The van der Waals surface area contributed by atoms with Gasteiger partial charge in [0, 0.05) is 23.9 Å². The monoisotopic (exact) mass is 394 g/mol. The fraction of sp³-hybridized carbons (Fsp3) is 0.250. The van der Waals surface area contributed by atoms with Crippen molar-refractivity contribution in [3.05, 3.63) is 75.8 Å². The predicted octanol–water partition coefficient (Wildman–Crippen LogP) is 0.592. The first-order valence-electron chi connectivity index (χ1n) is 9.16. The van der Waals surface area contributed by atoms with Crippen LogP contribution in [0, 0.1) is 13.8 Å². The van der Waals surface area contributed by atoms with E-state index in [-0.39, 0.29) is 37.0 Å². The Hall–Kier alpha value is -3.75. The molecule has 1 aromatic carbocycles. The first kappa shape index (κ1) is 20.0. The summed E-state index contributed by atoms with van der Waals surface area (Å²) in [7, 11) is 0. The largest absolute Gasteiger partial charge is 0.353 e. The number of benzene rings is 1. The number of hydrogen-bond donors (Lipinski definition) is 2. The third-order valence-corrected chi connectivity index (χ3v) is 4.17. The third-order valence-electron chi connectivity index (χ3n) is 4.17. The SMILES string of the molecule is Cc1cc(C)n(-c2ccc(=O)n(CCNC(=O)CNC(=O)c3ccccc3)n2)n1. The van der Waals surface area contributed by atoms with Gasteiger partial charge in [0.05, 0.1) is 18.8 Å². The standard InChI is InChI=1S/C20H22N6O3/c1-14-12-15(2)26(23-14)17-8-9-19(28)25(24-17)11-10-21-18(27)13-22-20(29)16-6-4-3-5-7-16/h3-9,12H,10-11,13H2,1-2H3,(H,21,27)(H,22,29). The lowest BCUT2D eigenvalue weighted by molar-refractivity contribution is -0.120. The molecule has 0 spiro atoms. The van der Waals surface area contributed by atoms with Gasteiger partial charge in [-0.2, -0.15) is 5.10 Å². The van der Waals surface area contributed by atoms with Crippen LogP contribution in [-0.2, 0) is 11.3 Å². The Bertz CT molecular complexity index is 1070. The molecular weight excluding hydrogens is 372 g/mol. The lowest BCUT2D eigenvalue weighted by Crippen LogP contribution is -2.39. The molecule has 9 heteroatoms. The molecule has 0 unspecified atom stereocenters. The first-order chi connectivity index (χ1) is 13.9. The summed E-state index contributed by atoms with van der Waals surface area (Å²) in [6.07, 6.45) is 0. The maximum Gasteiger partial charge on any atom is 0.266 e. The van der Waals surface area contributed by atoms with Gasteiger partial charge in [0.15, 0.2) is 5.82 Å². The molecule has 9 nitrogen and oxygen atoms in total. The topological polar surface area (TPSA) is 111 Å². The highest BCUT2D eigenvalue weighted by molar-refractivity contribution is 5.96. The lowest BCUT2D eigenvalue weighted by Gasteiger charge is -2.10. The smallest absolute Gasteiger partial charge is 0.266 e. The van der Waals surface area contributed by atoms with E-state index in [1.54, 1.807) is 35.0 Å². The van der Waals surface area contributed by atoms with Crippen LogP contribution in [0.15, 0.2) is 53.3 Å². The van der Waals surface area contributed by atoms with Crippen LogP contribution in [0.2, 0.25) is 0 Å². The molecule has 0 bridgehead atoms. The first-order valence-corrected chi connectivity index (χ1v) is 9.16. The Morgan fingerprint density at radius 1 is 1.00 bits per heavy atom. The zero-order chi connectivity index (χ0) is 20.8. The molecule has 0 saturated heterocycles. The molecule has 2 heterocycles. The number of rotatable bonds is 7. The molecule has 150 valence electrons. The molecule has 2 amide bonds. The van der Waals surface area contributed by atoms with Gasteiger partial charge in [-0.25, -0.2) is 9.36 Å². The van der Waals surface area contributed by atoms with Crippen molar-refractivity contribution in [3.63, 3.8) is 0 Å². The summed E-state index contributed by atoms with van der Waals surface area (Å²) in [5.74, 6) is -0.148. The second kappa shape index (κ2) is 8.96. The summed E-state index contributed by atoms with van der Waals surface area (Å²) in [4.78, 5) is 35.9. The molecule has 29 heavy (non-hydrogen) atoms. The maximum absolute atomic E-state index is 12.0. The van der Waals surface area contributed by atoms with Gasteiger partial charge in [-0.1, -0.05) is 18.2 Å². The van der Waals surface area contributed by atoms with Crippen molar-refractivity contribution in [1.29, 1.82) is 0 Å². The predicted molar refractivity (Wildman–Crippen MR) is 107 cm³/mol. The summed E-state index contributed by atoms with van der Waals surface area (Å²) in [5.41, 5.74) is 1.97. The molecule has 0 saturated carbocycles. The number of hydrogen-bond acceptors (Lipinski definition) is 5. The molecule has 3 aromatic rings. The highest BCUT2D eigenvalue weighted by Gasteiger charge is 2.09. The fourth-order valence-electron chi connectivity index (χ4n) is 2.79. The van der Waals surface area contributed by atoms with Crippen LogP contribution in [0.4, 0.5) is 0 Å². The molecule has 2 aromatic heterocycles. The van der Waals surface area contributed by atoms with Crippen molar-refractivity contribution in [3.8, 4) is 5.82 Å². The summed E-state index contributed by atoms with van der Waals surface area (Å²) in [6.45, 7) is 4.03. The van der Waals surface area contributed by atoms with Crippen molar-refractivity contribution < 1.29 is 9.59 Å². The van der Waals surface area contributed by atoms with Gasteiger partial charge in [-0.3, -0.25) is 14.4 Å². The van der Waals surface area contributed by atoms with Crippen LogP contribution >= 0.6 is 0 Å². The number of aromatic nitrogens is 4. The van der Waals surface area contributed by atoms with Gasteiger partial charge in [0.25, 0.3) is 11.5 Å². The van der Waals surface area contributed by atoms with Crippen molar-refractivity contribution in [2.45, 2.75) is 20.4 Å². The molecule has 0 aliphatic rings. The van der Waals surface area contributed by atoms with Crippen molar-refractivity contribution in [2.75, 3.05) is 13.1 Å². The second-order valence-corrected chi connectivity index (χ2v) is 6.49. The summed E-state index contributed by atoms with van der Waals surface area (Å²) < 4.78 is 2.93. The Balaban J connectivity index is 1.53. The number of aryl methyl sites for hydroxylation is 2. The summed E-state index contributed by atoms with van der Waals surface area (Å²) in [5, 5.41) is 13.9. The zero-order valence-corrected chi connectivity index (χ0v) is 16.3. The van der Waals surface area contributed by atoms with Gasteiger partial charge in [0.1, 0.15) is 0 Å². The van der Waals surface area contributed by atoms with E-state index in [1.807, 2.05) is 26.0 Å². The van der Waals surface area contributed by atoms with Crippen LogP contribution in [0.25, 0.3) is 5.82 Å². The Morgan fingerprint density at radius 3 is 2.45 bits per heavy atom. The minimum absolute atomic E-state index is 0.151. The quantitative estimate of drug-likeness (QED) is 0.609. The number of nitrogens with one attached hydrogen (secondary N) is 2. The van der Waals surface area contributed by atoms with Crippen LogP contribution in [0.5, 0.6) is 0 Å². The maximum atomic E-state index is 12.0. The highest BCUT2D eigenvalue weighted by atomic mass is 16.2. The lowest BCUT2D eigenvalue weighted by atomic mass is 10.2. The molecule has 0 aliphatic carbocycles. The van der Waals surface area contributed by atoms with Crippen LogP contribution in [0.1, 0.15) is 21.7 Å². The number of carbonyl (C=O) groups is 2. The number of carbonyl (C=O) groups excluding carboxylic acids is 2. The van der Waals surface area contributed by atoms with Crippen molar-refractivity contribution in [1.82, 2.24) is 30.2 Å². The Morgan fingerprint density at radius 2 is 1.76 bits per heavy atom. The Kier molecular flexibility index (Phi) is 6.18. The molecule has 3 rings (SSSR count). The van der Waals surface area contributed by atoms with Crippen molar-refractivity contribution >= 4 is 11.8 Å². The van der Waals surface area contributed by atoms with E-state index in [2.05, 4.69) is 20.8 Å². The molecule has 2 N–H and O–H groups in total. The molecule has 0 aliphatic heterocycles. The summed E-state index contributed by atoms with van der Waals surface area (Å²) in [6, 6.07) is 13.6. The molecule has 0 fully saturated rings. The van der Waals surface area contributed by atoms with Gasteiger partial charge < -0.3 is 10.6 Å². The van der Waals surface area contributed by atoms with Crippen LogP contribution < -0.4 is 16.2 Å². The molecule has 0 radical (unpaired) electrons. The van der Waals surface area contributed by atoms with E-state index in [1.165, 1.54) is 10.7 Å². The van der Waals surface area contributed by atoms with E-state index in [9.17, 15) is 14.4 Å². The van der Waals surface area contributed by atoms with Gasteiger partial charge in [0.2, 0.25) is 5.91 Å². The van der Waals surface area contributed by atoms with E-state index in [0.717, 1.165) is 11.4 Å². The fourth-order valence-corrected chi connectivity index (χ4v) is 2.79. The highest BCUT2D eigenvalue weighted by Crippen LogP contribution is 2.07. The average Bonchev–Trinajstić information content (AvgIpc) is 3.06. The minimum atomic E-state index is -0.350. The number of amides is 2. The minimum Gasteiger partial charge on any atom is -0.353 e. The second-order valence-electron chi connectivity index (χ2n) is 6.49. The molecule has 0 atom stereocenters.